The van der Waals surface area contributed by atoms with Gasteiger partial charge in [-0.2, -0.15) is 0 Å². The monoisotopic (exact) mass is 568 g/mol. The van der Waals surface area contributed by atoms with Gasteiger partial charge >= 0.3 is 6.03 Å². The van der Waals surface area contributed by atoms with Gasteiger partial charge < -0.3 is 10.2 Å². The molecule has 200 valence electrons. The van der Waals surface area contributed by atoms with E-state index in [1.165, 1.54) is 37.5 Å². The summed E-state index contributed by atoms with van der Waals surface area (Å²) >= 11 is 0. The molecule has 0 saturated carbocycles. The van der Waals surface area contributed by atoms with Crippen LogP contribution in [0, 0.1) is 0 Å². The highest BCUT2D eigenvalue weighted by Gasteiger charge is 2.41. The van der Waals surface area contributed by atoms with E-state index in [-0.39, 0.29) is 12.1 Å². The second-order valence-electron chi connectivity index (χ2n) is 10.1. The Balaban J connectivity index is 1.48. The summed E-state index contributed by atoms with van der Waals surface area (Å²) in [6.45, 7) is 1.58. The smallest absolute Gasteiger partial charge is 0.317 e. The van der Waals surface area contributed by atoms with Crippen LogP contribution >= 0.6 is 15.8 Å². The molecule has 39 heavy (non-hydrogen) atoms. The first-order chi connectivity index (χ1) is 19.2. The third-order valence-corrected chi connectivity index (χ3v) is 13.6. The molecule has 1 fully saturated rings. The lowest BCUT2D eigenvalue weighted by Gasteiger charge is -2.29. The minimum Gasteiger partial charge on any atom is -0.338 e. The lowest BCUT2D eigenvalue weighted by molar-refractivity contribution is 0.197. The highest BCUT2D eigenvalue weighted by Crippen LogP contribution is 2.47. The van der Waals surface area contributed by atoms with Crippen LogP contribution in [0.3, 0.4) is 0 Å². The van der Waals surface area contributed by atoms with Gasteiger partial charge in [0.2, 0.25) is 0 Å². The van der Waals surface area contributed by atoms with E-state index in [1.54, 1.807) is 0 Å². The molecule has 2 atom stereocenters. The van der Waals surface area contributed by atoms with Crippen LogP contribution in [0.2, 0.25) is 6.04 Å². The molecule has 6 heteroatoms. The number of nitrogens with zero attached hydrogens (tertiary/aromatic N) is 1. The Bertz CT molecular complexity index is 1220. The Morgan fingerprint density at radius 3 is 1.67 bits per heavy atom. The van der Waals surface area contributed by atoms with Gasteiger partial charge in [-0.1, -0.05) is 127 Å². The minimum atomic E-state index is -0.588. The van der Waals surface area contributed by atoms with E-state index >= 15 is 0 Å². The van der Waals surface area contributed by atoms with Gasteiger partial charge in [0, 0.05) is 35.0 Å². The van der Waals surface area contributed by atoms with Crippen molar-refractivity contribution >= 4 is 53.3 Å². The van der Waals surface area contributed by atoms with Crippen LogP contribution in [0.15, 0.2) is 121 Å². The molecule has 0 aliphatic carbocycles. The maximum atomic E-state index is 13.7. The molecule has 0 bridgehead atoms. The number of amides is 2. The second-order valence-corrected chi connectivity index (χ2v) is 15.9. The Morgan fingerprint density at radius 1 is 0.744 bits per heavy atom. The zero-order valence-electron chi connectivity index (χ0n) is 22.7. The molecule has 3 nitrogen and oxygen atoms in total. The summed E-state index contributed by atoms with van der Waals surface area (Å²) in [6.07, 6.45) is 3.09. The summed E-state index contributed by atoms with van der Waals surface area (Å²) in [5.41, 5.74) is 0.419. The Hall–Kier alpha value is -2.77. The van der Waals surface area contributed by atoms with E-state index in [0.717, 1.165) is 32.1 Å². The first-order valence-electron chi connectivity index (χ1n) is 14.1. The molecule has 1 saturated heterocycles. The highest BCUT2D eigenvalue weighted by atomic mass is 31.1. The zero-order chi connectivity index (χ0) is 26.9. The van der Waals surface area contributed by atoms with Crippen LogP contribution in [0.4, 0.5) is 4.79 Å². The summed E-state index contributed by atoms with van der Waals surface area (Å²) < 4.78 is 0. The number of hydrogen-bond donors (Lipinski definition) is 1. The van der Waals surface area contributed by atoms with E-state index in [4.69, 9.17) is 0 Å². The Morgan fingerprint density at radius 2 is 1.21 bits per heavy atom. The fraction of sp³-hybridized carbons (Fsp3) is 0.242. The molecule has 4 aromatic rings. The molecule has 2 amide bonds. The molecule has 1 N–H and O–H groups in total. The first-order valence-corrected chi connectivity index (χ1v) is 18.4. The Kier molecular flexibility index (Phi) is 10.00. The van der Waals surface area contributed by atoms with E-state index in [2.05, 4.69) is 132 Å². The van der Waals surface area contributed by atoms with Crippen molar-refractivity contribution < 1.29 is 4.79 Å². The highest BCUT2D eigenvalue weighted by molar-refractivity contribution is 7.74. The van der Waals surface area contributed by atoms with E-state index in [9.17, 15) is 4.79 Å². The maximum Gasteiger partial charge on any atom is 0.317 e. The molecule has 0 aromatic heterocycles. The van der Waals surface area contributed by atoms with Crippen molar-refractivity contribution in [1.29, 1.82) is 0 Å². The zero-order valence-corrected chi connectivity index (χ0v) is 26.5. The summed E-state index contributed by atoms with van der Waals surface area (Å²) in [4.78, 5) is 15.9. The van der Waals surface area contributed by atoms with Crippen LogP contribution in [0.1, 0.15) is 12.8 Å². The van der Waals surface area contributed by atoms with Crippen molar-refractivity contribution in [1.82, 2.24) is 10.2 Å². The number of carbonyl (C=O) groups is 1. The molecule has 1 aliphatic rings. The molecule has 0 radical (unpaired) electrons. The van der Waals surface area contributed by atoms with Gasteiger partial charge in [-0.15, -0.1) is 0 Å². The largest absolute Gasteiger partial charge is 0.338 e. The van der Waals surface area contributed by atoms with Crippen molar-refractivity contribution in [3.05, 3.63) is 121 Å². The second kappa shape index (κ2) is 14.0. The van der Waals surface area contributed by atoms with E-state index in [0.29, 0.717) is 5.66 Å². The van der Waals surface area contributed by atoms with Gasteiger partial charge in [-0.3, -0.25) is 0 Å². The Labute approximate surface area is 239 Å². The SMILES string of the molecule is O=C(NCCC[SiH3])N1C[C@@H](P(c2ccccc2)c2ccccc2)C[C@H]1CP(c1ccccc1)c1ccccc1. The van der Waals surface area contributed by atoms with E-state index < -0.39 is 15.8 Å². The minimum absolute atomic E-state index is 0.116. The predicted octanol–water partition coefficient (Wildman–Crippen LogP) is 4.58. The standard InChI is InChI=1S/C33H38N2OP2Si/c36-33(34-22-13-23-39)35-25-32(38(30-18-9-3-10-19-30)31-20-11-4-12-21-31)24-27(35)26-37(28-14-5-1-6-15-28)29-16-7-2-8-17-29/h1-12,14-21,27,32H,13,22-26H2,39H3,(H,34,36)/t27-,32-/m0/s1. The predicted molar refractivity (Wildman–Crippen MR) is 175 cm³/mol. The van der Waals surface area contributed by atoms with Gasteiger partial charge in [0.15, 0.2) is 0 Å². The van der Waals surface area contributed by atoms with Crippen molar-refractivity contribution in [3.8, 4) is 0 Å². The number of nitrogens with one attached hydrogen (secondary N) is 1. The summed E-state index contributed by atoms with van der Waals surface area (Å²) in [6, 6.07) is 45.3. The molecule has 0 spiro atoms. The summed E-state index contributed by atoms with van der Waals surface area (Å²) in [7, 11) is 0.00680. The molecule has 1 heterocycles. The van der Waals surface area contributed by atoms with E-state index in [1.807, 2.05) is 0 Å². The van der Waals surface area contributed by atoms with Gasteiger partial charge in [-0.25, -0.2) is 4.79 Å². The van der Waals surface area contributed by atoms with Crippen LogP contribution in [-0.4, -0.2) is 52.1 Å². The van der Waals surface area contributed by atoms with Gasteiger partial charge in [0.1, 0.15) is 0 Å². The van der Waals surface area contributed by atoms with Crippen LogP contribution in [0.25, 0.3) is 0 Å². The lowest BCUT2D eigenvalue weighted by Crippen LogP contribution is -2.45. The maximum absolute atomic E-state index is 13.7. The quantitative estimate of drug-likeness (QED) is 0.170. The number of carbonyl (C=O) groups excluding carboxylic acids is 1. The normalized spacial score (nSPS) is 17.1. The summed E-state index contributed by atoms with van der Waals surface area (Å²) in [5.74, 6) is 0. The fourth-order valence-corrected chi connectivity index (χ4v) is 11.3. The van der Waals surface area contributed by atoms with Gasteiger partial charge in [-0.05, 0) is 56.1 Å². The molecule has 4 aromatic carbocycles. The molecular formula is C33H38N2OP2Si. The first kappa shape index (κ1) is 27.8. The van der Waals surface area contributed by atoms with Crippen molar-refractivity contribution in [2.75, 3.05) is 19.3 Å². The van der Waals surface area contributed by atoms with Gasteiger partial charge in [0.05, 0.1) is 0 Å². The summed E-state index contributed by atoms with van der Waals surface area (Å²) in [5, 5.41) is 8.83. The van der Waals surface area contributed by atoms with Crippen molar-refractivity contribution in [2.45, 2.75) is 30.6 Å². The topological polar surface area (TPSA) is 32.3 Å². The molecule has 1 aliphatic heterocycles. The third-order valence-electron chi connectivity index (χ3n) is 7.42. The lowest BCUT2D eigenvalue weighted by atomic mass is 10.2. The van der Waals surface area contributed by atoms with Crippen LogP contribution in [-0.2, 0) is 0 Å². The average Bonchev–Trinajstić information content (AvgIpc) is 3.41. The average molecular weight is 569 g/mol. The fourth-order valence-electron chi connectivity index (χ4n) is 5.51. The number of rotatable bonds is 10. The number of urea groups is 1. The molecule has 5 rings (SSSR count). The van der Waals surface area contributed by atoms with Crippen LogP contribution < -0.4 is 26.5 Å². The van der Waals surface area contributed by atoms with Crippen molar-refractivity contribution in [3.63, 3.8) is 0 Å². The van der Waals surface area contributed by atoms with Gasteiger partial charge in [0.25, 0.3) is 0 Å². The van der Waals surface area contributed by atoms with Crippen molar-refractivity contribution in [2.24, 2.45) is 0 Å². The third kappa shape index (κ3) is 7.06. The molecular weight excluding hydrogens is 530 g/mol. The van der Waals surface area contributed by atoms with Crippen LogP contribution in [0.5, 0.6) is 0 Å². The number of benzene rings is 4. The number of hydrogen-bond acceptors (Lipinski definition) is 1. The molecule has 0 unspecified atom stereocenters. The number of likely N-dealkylation sites (tertiary alicyclic amines) is 1.